The fourth-order valence-corrected chi connectivity index (χ4v) is 4.15. The molecule has 0 saturated carbocycles. The summed E-state index contributed by atoms with van der Waals surface area (Å²) in [6.07, 6.45) is 0. The van der Waals surface area contributed by atoms with Crippen LogP contribution < -0.4 is 5.32 Å². The number of hydrogen-bond acceptors (Lipinski definition) is 3. The maximum absolute atomic E-state index is 9.27. The lowest BCUT2D eigenvalue weighted by atomic mass is 10.1. The smallest absolute Gasteiger partial charge is 0.107 e. The first-order valence-electron chi connectivity index (χ1n) is 7.82. The van der Waals surface area contributed by atoms with E-state index in [1.165, 1.54) is 0 Å². The lowest BCUT2D eigenvalue weighted by Gasteiger charge is -2.16. The molecule has 0 aliphatic heterocycles. The van der Waals surface area contributed by atoms with Crippen molar-refractivity contribution >= 4 is 29.3 Å². The van der Waals surface area contributed by atoms with E-state index in [4.69, 9.17) is 0 Å². The molecule has 3 aromatic rings. The molecule has 0 spiro atoms. The number of aliphatic hydroxyl groups is 1. The Kier molecular flexibility index (Phi) is 4.71. The molecule has 0 saturated heterocycles. The number of rotatable bonds is 4. The zero-order valence-electron chi connectivity index (χ0n) is 14.0. The van der Waals surface area contributed by atoms with E-state index in [1.54, 1.807) is 0 Å². The third kappa shape index (κ3) is 3.36. The van der Waals surface area contributed by atoms with Crippen LogP contribution in [0.25, 0.3) is 16.9 Å². The molecule has 124 valence electrons. The van der Waals surface area contributed by atoms with Gasteiger partial charge in [0.05, 0.1) is 23.3 Å². The zero-order chi connectivity index (χ0) is 17.3. The highest BCUT2D eigenvalue weighted by Crippen LogP contribution is 2.24. The highest BCUT2D eigenvalue weighted by atomic mass is 79.9. The predicted octanol–water partition coefficient (Wildman–Crippen LogP) is 3.73. The molecule has 2 aromatic carbocycles. The van der Waals surface area contributed by atoms with Gasteiger partial charge >= 0.3 is 0 Å². The molecular weight excluding hydrogens is 382 g/mol. The van der Waals surface area contributed by atoms with Crippen LogP contribution in [0.4, 0.5) is 0 Å². The summed E-state index contributed by atoms with van der Waals surface area (Å²) in [6, 6.07) is 16.0. The number of halogens is 1. The molecule has 4 nitrogen and oxygen atoms in total. The number of benzene rings is 2. The Bertz CT molecular complexity index is 836. The predicted molar refractivity (Wildman–Crippen MR) is 103 cm³/mol. The maximum atomic E-state index is 9.27. The Labute approximate surface area is 151 Å². The van der Waals surface area contributed by atoms with Crippen molar-refractivity contribution in [3.63, 3.8) is 0 Å². The number of hydrogen-bond donors (Lipinski definition) is 1. The first-order chi connectivity index (χ1) is 11.4. The van der Waals surface area contributed by atoms with Crippen LogP contribution in [0.15, 0.2) is 53.0 Å². The first-order valence-corrected chi connectivity index (χ1v) is 12.1. The van der Waals surface area contributed by atoms with Crippen LogP contribution in [-0.2, 0) is 6.61 Å². The van der Waals surface area contributed by atoms with Gasteiger partial charge in [-0.25, -0.2) is 4.68 Å². The quantitative estimate of drug-likeness (QED) is 0.677. The van der Waals surface area contributed by atoms with E-state index < -0.39 is 8.07 Å². The fraction of sp³-hybridized carbons (Fsp3) is 0.222. The Morgan fingerprint density at radius 1 is 1.00 bits per heavy atom. The standard InChI is InChI=1S/C18H20BrN3OSi/c1-24(2,3)18-17(14-6-4-13(12-23)5-7-14)22(21-20-18)16-10-8-15(19)9-11-16/h4-11,23H,12H2,1-3H3. The van der Waals surface area contributed by atoms with E-state index in [2.05, 4.69) is 45.9 Å². The van der Waals surface area contributed by atoms with Gasteiger partial charge in [-0.1, -0.05) is 65.0 Å². The van der Waals surface area contributed by atoms with Crippen LogP contribution >= 0.6 is 15.9 Å². The van der Waals surface area contributed by atoms with Crippen molar-refractivity contribution in [3.8, 4) is 16.9 Å². The summed E-state index contributed by atoms with van der Waals surface area (Å²) in [5.41, 5.74) is 3.99. The van der Waals surface area contributed by atoms with Gasteiger partial charge in [0.1, 0.15) is 8.07 Å². The molecule has 6 heteroatoms. The summed E-state index contributed by atoms with van der Waals surface area (Å²) >= 11 is 3.47. The minimum Gasteiger partial charge on any atom is -0.392 e. The maximum Gasteiger partial charge on any atom is 0.107 e. The average molecular weight is 402 g/mol. The first kappa shape index (κ1) is 17.1. The van der Waals surface area contributed by atoms with Crippen molar-refractivity contribution < 1.29 is 5.11 Å². The van der Waals surface area contributed by atoms with Crippen molar-refractivity contribution in [3.05, 3.63) is 58.6 Å². The number of aliphatic hydroxyl groups excluding tert-OH is 1. The minimum atomic E-state index is -1.66. The van der Waals surface area contributed by atoms with Gasteiger partial charge in [0.2, 0.25) is 0 Å². The van der Waals surface area contributed by atoms with Gasteiger partial charge in [-0.2, -0.15) is 0 Å². The van der Waals surface area contributed by atoms with E-state index >= 15 is 0 Å². The van der Waals surface area contributed by atoms with Crippen molar-refractivity contribution in [2.75, 3.05) is 0 Å². The second-order valence-electron chi connectivity index (χ2n) is 6.78. The third-order valence-electron chi connectivity index (χ3n) is 3.86. The Balaban J connectivity index is 2.19. The van der Waals surface area contributed by atoms with Gasteiger partial charge in [-0.3, -0.25) is 0 Å². The van der Waals surface area contributed by atoms with Crippen LogP contribution in [-0.4, -0.2) is 28.2 Å². The molecule has 0 radical (unpaired) electrons. The van der Waals surface area contributed by atoms with Gasteiger partial charge < -0.3 is 5.11 Å². The van der Waals surface area contributed by atoms with E-state index in [1.807, 2.05) is 53.2 Å². The second kappa shape index (κ2) is 6.62. The molecule has 24 heavy (non-hydrogen) atoms. The Morgan fingerprint density at radius 2 is 1.62 bits per heavy atom. The van der Waals surface area contributed by atoms with Crippen molar-refractivity contribution in [1.82, 2.24) is 15.0 Å². The monoisotopic (exact) mass is 401 g/mol. The van der Waals surface area contributed by atoms with E-state index in [-0.39, 0.29) is 6.61 Å². The van der Waals surface area contributed by atoms with Gasteiger partial charge in [0, 0.05) is 10.0 Å². The molecule has 1 heterocycles. The van der Waals surface area contributed by atoms with Gasteiger partial charge in [-0.05, 0) is 29.8 Å². The van der Waals surface area contributed by atoms with Crippen molar-refractivity contribution in [2.24, 2.45) is 0 Å². The normalized spacial score (nSPS) is 11.7. The van der Waals surface area contributed by atoms with E-state index in [0.29, 0.717) is 0 Å². The second-order valence-corrected chi connectivity index (χ2v) is 12.7. The molecule has 0 aliphatic rings. The largest absolute Gasteiger partial charge is 0.392 e. The van der Waals surface area contributed by atoms with Crippen LogP contribution in [0.2, 0.25) is 19.6 Å². The van der Waals surface area contributed by atoms with Gasteiger partial charge in [0.15, 0.2) is 0 Å². The average Bonchev–Trinajstić information content (AvgIpc) is 3.01. The number of aromatic nitrogens is 3. The topological polar surface area (TPSA) is 50.9 Å². The van der Waals surface area contributed by atoms with E-state index in [0.717, 1.165) is 32.3 Å². The third-order valence-corrected chi connectivity index (χ3v) is 6.15. The van der Waals surface area contributed by atoms with Crippen LogP contribution in [0.1, 0.15) is 5.56 Å². The summed E-state index contributed by atoms with van der Waals surface area (Å²) < 4.78 is 2.94. The number of nitrogens with zero attached hydrogens (tertiary/aromatic N) is 3. The zero-order valence-corrected chi connectivity index (χ0v) is 16.6. The highest BCUT2D eigenvalue weighted by Gasteiger charge is 2.27. The molecule has 0 unspecified atom stereocenters. The fourth-order valence-electron chi connectivity index (χ4n) is 2.58. The Hall–Kier alpha value is -1.76. The van der Waals surface area contributed by atoms with E-state index in [9.17, 15) is 5.11 Å². The summed E-state index contributed by atoms with van der Waals surface area (Å²) in [5.74, 6) is 0. The molecule has 1 aromatic heterocycles. The molecule has 0 aliphatic carbocycles. The van der Waals surface area contributed by atoms with Crippen molar-refractivity contribution in [1.29, 1.82) is 0 Å². The van der Waals surface area contributed by atoms with Gasteiger partial charge in [0.25, 0.3) is 0 Å². The van der Waals surface area contributed by atoms with Crippen LogP contribution in [0, 0.1) is 0 Å². The highest BCUT2D eigenvalue weighted by molar-refractivity contribution is 9.10. The molecule has 0 amide bonds. The molecule has 0 atom stereocenters. The lowest BCUT2D eigenvalue weighted by molar-refractivity contribution is 0.282. The Morgan fingerprint density at radius 3 is 2.17 bits per heavy atom. The molecule has 0 fully saturated rings. The lowest BCUT2D eigenvalue weighted by Crippen LogP contribution is -2.40. The molecule has 0 bridgehead atoms. The molecule has 3 rings (SSSR count). The van der Waals surface area contributed by atoms with Crippen LogP contribution in [0.3, 0.4) is 0 Å². The molecule has 1 N–H and O–H groups in total. The van der Waals surface area contributed by atoms with Crippen LogP contribution in [0.5, 0.6) is 0 Å². The summed E-state index contributed by atoms with van der Waals surface area (Å²) in [6.45, 7) is 6.86. The summed E-state index contributed by atoms with van der Waals surface area (Å²) in [5, 5.41) is 19.3. The SMILES string of the molecule is C[Si](C)(C)c1nnn(-c2ccc(Br)cc2)c1-c1ccc(CO)cc1. The molecular formula is C18H20BrN3OSi. The van der Waals surface area contributed by atoms with Crippen molar-refractivity contribution in [2.45, 2.75) is 26.2 Å². The minimum absolute atomic E-state index is 0.0470. The van der Waals surface area contributed by atoms with Gasteiger partial charge in [-0.15, -0.1) is 5.10 Å². The summed E-state index contributed by atoms with van der Waals surface area (Å²) in [7, 11) is -1.66. The summed E-state index contributed by atoms with van der Waals surface area (Å²) in [4.78, 5) is 0.